The van der Waals surface area contributed by atoms with Crippen molar-refractivity contribution < 1.29 is 9.59 Å². The van der Waals surface area contributed by atoms with Crippen LogP contribution in [0.2, 0.25) is 10.0 Å². The van der Waals surface area contributed by atoms with E-state index in [9.17, 15) is 9.59 Å². The summed E-state index contributed by atoms with van der Waals surface area (Å²) in [5, 5.41) is 0.896. The molecule has 1 aromatic carbocycles. The van der Waals surface area contributed by atoms with Gasteiger partial charge in [0.1, 0.15) is 12.1 Å². The van der Waals surface area contributed by atoms with E-state index in [0.29, 0.717) is 22.9 Å². The van der Waals surface area contributed by atoms with Gasteiger partial charge in [-0.3, -0.25) is 4.79 Å². The van der Waals surface area contributed by atoms with Crippen molar-refractivity contribution in [2.24, 2.45) is 5.92 Å². The van der Waals surface area contributed by atoms with Crippen LogP contribution in [-0.4, -0.2) is 12.1 Å². The summed E-state index contributed by atoms with van der Waals surface area (Å²) in [5.74, 6) is -0.224. The van der Waals surface area contributed by atoms with Crippen LogP contribution < -0.4 is 0 Å². The van der Waals surface area contributed by atoms with Gasteiger partial charge in [0.2, 0.25) is 0 Å². The molecular formula is C15H18Cl2O2. The summed E-state index contributed by atoms with van der Waals surface area (Å²) in [6.45, 7) is 3.79. The van der Waals surface area contributed by atoms with E-state index >= 15 is 0 Å². The van der Waals surface area contributed by atoms with Gasteiger partial charge in [-0.25, -0.2) is 0 Å². The molecule has 0 saturated carbocycles. The van der Waals surface area contributed by atoms with Gasteiger partial charge in [-0.15, -0.1) is 0 Å². The fraction of sp³-hybridized carbons (Fsp3) is 0.467. The van der Waals surface area contributed by atoms with Crippen molar-refractivity contribution in [2.75, 3.05) is 0 Å². The lowest BCUT2D eigenvalue weighted by atomic mass is 9.79. The standard InChI is InChI=1S/C15H18Cl2O2/c1-3-10(14(19)4-2)11(8-9-18)12-6-5-7-13(16)15(12)17/h5-7,9-11H,3-4,8H2,1-2H3. The third-order valence-electron chi connectivity index (χ3n) is 3.42. The number of carbonyl (C=O) groups is 2. The molecule has 0 N–H and O–H groups in total. The smallest absolute Gasteiger partial charge is 0.136 e. The quantitative estimate of drug-likeness (QED) is 0.686. The van der Waals surface area contributed by atoms with Crippen LogP contribution in [0.3, 0.4) is 0 Å². The summed E-state index contributed by atoms with van der Waals surface area (Å²) in [6, 6.07) is 5.34. The van der Waals surface area contributed by atoms with Crippen LogP contribution in [-0.2, 0) is 9.59 Å². The molecule has 0 heterocycles. The molecule has 2 nitrogen and oxygen atoms in total. The van der Waals surface area contributed by atoms with Crippen molar-refractivity contribution in [1.29, 1.82) is 0 Å². The van der Waals surface area contributed by atoms with E-state index < -0.39 is 0 Å². The summed E-state index contributed by atoms with van der Waals surface area (Å²) in [4.78, 5) is 23.0. The second kappa shape index (κ2) is 7.66. The maximum atomic E-state index is 12.0. The molecule has 1 aromatic rings. The Labute approximate surface area is 124 Å². The van der Waals surface area contributed by atoms with Crippen molar-refractivity contribution in [3.8, 4) is 0 Å². The summed E-state index contributed by atoms with van der Waals surface area (Å²) in [7, 11) is 0. The Morgan fingerprint density at radius 1 is 1.32 bits per heavy atom. The molecule has 0 aliphatic heterocycles. The Morgan fingerprint density at radius 3 is 2.53 bits per heavy atom. The summed E-state index contributed by atoms with van der Waals surface area (Å²) < 4.78 is 0. The van der Waals surface area contributed by atoms with Gasteiger partial charge >= 0.3 is 0 Å². The molecule has 104 valence electrons. The molecule has 0 bridgehead atoms. The molecule has 2 atom stereocenters. The number of carbonyl (C=O) groups excluding carboxylic acids is 2. The first-order chi connectivity index (χ1) is 9.06. The van der Waals surface area contributed by atoms with Gasteiger partial charge in [0.15, 0.2) is 0 Å². The number of rotatable bonds is 7. The first-order valence-electron chi connectivity index (χ1n) is 6.47. The van der Waals surface area contributed by atoms with Crippen LogP contribution in [0.1, 0.15) is 44.6 Å². The molecule has 0 amide bonds. The molecule has 19 heavy (non-hydrogen) atoms. The summed E-state index contributed by atoms with van der Waals surface area (Å²) >= 11 is 12.2. The third kappa shape index (κ3) is 3.80. The SMILES string of the molecule is CCC(=O)C(CC)C(CC=O)c1cccc(Cl)c1Cl. The molecule has 0 aliphatic carbocycles. The second-order valence-corrected chi connectivity index (χ2v) is 5.27. The van der Waals surface area contributed by atoms with Gasteiger partial charge in [0, 0.05) is 24.7 Å². The van der Waals surface area contributed by atoms with Gasteiger partial charge in [-0.2, -0.15) is 0 Å². The number of benzene rings is 1. The molecular weight excluding hydrogens is 283 g/mol. The molecule has 0 aromatic heterocycles. The van der Waals surface area contributed by atoms with Gasteiger partial charge in [0.05, 0.1) is 10.0 Å². The molecule has 0 fully saturated rings. The van der Waals surface area contributed by atoms with Gasteiger partial charge in [0.25, 0.3) is 0 Å². The van der Waals surface area contributed by atoms with E-state index in [-0.39, 0.29) is 24.0 Å². The average molecular weight is 301 g/mol. The van der Waals surface area contributed by atoms with Crippen LogP contribution in [0.15, 0.2) is 18.2 Å². The van der Waals surface area contributed by atoms with E-state index in [1.807, 2.05) is 19.9 Å². The van der Waals surface area contributed by atoms with Gasteiger partial charge < -0.3 is 4.79 Å². The average Bonchev–Trinajstić information content (AvgIpc) is 2.41. The van der Waals surface area contributed by atoms with Crippen molar-refractivity contribution in [3.05, 3.63) is 33.8 Å². The molecule has 2 unspecified atom stereocenters. The lowest BCUT2D eigenvalue weighted by Gasteiger charge is -2.25. The Morgan fingerprint density at radius 2 is 2.00 bits per heavy atom. The minimum atomic E-state index is -0.193. The summed E-state index contributed by atoms with van der Waals surface area (Å²) in [5.41, 5.74) is 0.787. The molecule has 0 saturated heterocycles. The third-order valence-corrected chi connectivity index (χ3v) is 4.25. The van der Waals surface area contributed by atoms with E-state index in [4.69, 9.17) is 23.2 Å². The Bertz CT molecular complexity index is 457. The maximum Gasteiger partial charge on any atom is 0.136 e. The predicted molar refractivity (Wildman–Crippen MR) is 79.0 cm³/mol. The van der Waals surface area contributed by atoms with Crippen molar-refractivity contribution >= 4 is 35.3 Å². The zero-order chi connectivity index (χ0) is 14.4. The van der Waals surface area contributed by atoms with E-state index in [2.05, 4.69) is 0 Å². The molecule has 0 aliphatic rings. The topological polar surface area (TPSA) is 34.1 Å². The maximum absolute atomic E-state index is 12.0. The number of aldehydes is 1. The van der Waals surface area contributed by atoms with Crippen molar-refractivity contribution in [2.45, 2.75) is 39.0 Å². The highest BCUT2D eigenvalue weighted by Gasteiger charge is 2.28. The number of hydrogen-bond acceptors (Lipinski definition) is 2. The van der Waals surface area contributed by atoms with Crippen molar-refractivity contribution in [1.82, 2.24) is 0 Å². The summed E-state index contributed by atoms with van der Waals surface area (Å²) in [6.07, 6.45) is 2.28. The van der Waals surface area contributed by atoms with E-state index in [0.717, 1.165) is 11.8 Å². The number of Topliss-reactive ketones (excluding diaryl/α,β-unsaturated/α-hetero) is 1. The molecule has 4 heteroatoms. The highest BCUT2D eigenvalue weighted by molar-refractivity contribution is 6.42. The van der Waals surface area contributed by atoms with E-state index in [1.54, 1.807) is 12.1 Å². The number of hydrogen-bond donors (Lipinski definition) is 0. The molecule has 0 spiro atoms. The minimum Gasteiger partial charge on any atom is -0.303 e. The number of ketones is 1. The fourth-order valence-electron chi connectivity index (χ4n) is 2.42. The van der Waals surface area contributed by atoms with Gasteiger partial charge in [-0.05, 0) is 18.1 Å². The second-order valence-electron chi connectivity index (χ2n) is 4.49. The van der Waals surface area contributed by atoms with Crippen LogP contribution >= 0.6 is 23.2 Å². The van der Waals surface area contributed by atoms with Crippen molar-refractivity contribution in [3.63, 3.8) is 0 Å². The lowest BCUT2D eigenvalue weighted by Crippen LogP contribution is -2.22. The largest absolute Gasteiger partial charge is 0.303 e. The van der Waals surface area contributed by atoms with E-state index in [1.165, 1.54) is 0 Å². The zero-order valence-corrected chi connectivity index (χ0v) is 12.7. The lowest BCUT2D eigenvalue weighted by molar-refractivity contribution is -0.123. The highest BCUT2D eigenvalue weighted by atomic mass is 35.5. The first-order valence-corrected chi connectivity index (χ1v) is 7.22. The molecule has 1 rings (SSSR count). The van der Waals surface area contributed by atoms with Crippen LogP contribution in [0.5, 0.6) is 0 Å². The zero-order valence-electron chi connectivity index (χ0n) is 11.2. The Hall–Kier alpha value is -0.860. The van der Waals surface area contributed by atoms with Gasteiger partial charge in [-0.1, -0.05) is 49.2 Å². The Kier molecular flexibility index (Phi) is 6.53. The first kappa shape index (κ1) is 16.2. The fourth-order valence-corrected chi connectivity index (χ4v) is 2.87. The number of halogens is 2. The predicted octanol–water partition coefficient (Wildman–Crippen LogP) is 4.67. The van der Waals surface area contributed by atoms with Crippen LogP contribution in [0.4, 0.5) is 0 Å². The monoisotopic (exact) mass is 300 g/mol. The molecule has 0 radical (unpaired) electrons. The normalized spacial score (nSPS) is 13.9. The Balaban J connectivity index is 3.22. The minimum absolute atomic E-state index is 0.158. The van der Waals surface area contributed by atoms with Crippen LogP contribution in [0.25, 0.3) is 0 Å². The van der Waals surface area contributed by atoms with Crippen LogP contribution in [0, 0.1) is 5.92 Å². The highest BCUT2D eigenvalue weighted by Crippen LogP contribution is 2.38.